The van der Waals surface area contributed by atoms with Crippen molar-refractivity contribution in [1.29, 1.82) is 5.26 Å². The normalized spacial score (nSPS) is 11.8. The van der Waals surface area contributed by atoms with Gasteiger partial charge in [-0.25, -0.2) is 0 Å². The Morgan fingerprint density at radius 2 is 2.16 bits per heavy atom. The second-order valence-corrected chi connectivity index (χ2v) is 6.05. The molecule has 1 heterocycles. The van der Waals surface area contributed by atoms with E-state index in [1.807, 2.05) is 23.5 Å². The van der Waals surface area contributed by atoms with E-state index in [-0.39, 0.29) is 0 Å². The topological polar surface area (TPSA) is 61.8 Å². The summed E-state index contributed by atoms with van der Waals surface area (Å²) in [5, 5.41) is 12.2. The molecule has 0 amide bonds. The molecule has 1 unspecified atom stereocenters. The Bertz CT molecular complexity index is 610. The van der Waals surface area contributed by atoms with Crippen molar-refractivity contribution in [2.45, 2.75) is 26.3 Å². The molecule has 0 saturated carbocycles. The summed E-state index contributed by atoms with van der Waals surface area (Å²) in [6.45, 7) is 4.26. The predicted octanol–water partition coefficient (Wildman–Crippen LogP) is 3.55. The summed E-state index contributed by atoms with van der Waals surface area (Å²) in [5.74, 6) is 0. The first kappa shape index (κ1) is 13.4. The molecule has 0 saturated heterocycles. The molecule has 1 atom stereocenters. The lowest BCUT2D eigenvalue weighted by molar-refractivity contribution is 0.801. The summed E-state index contributed by atoms with van der Waals surface area (Å²) in [6, 6.07) is 12.2. The third-order valence-corrected chi connectivity index (χ3v) is 3.91. The van der Waals surface area contributed by atoms with Gasteiger partial charge in [-0.1, -0.05) is 0 Å². The lowest BCUT2D eigenvalue weighted by Crippen LogP contribution is -2.17. The van der Waals surface area contributed by atoms with Crippen molar-refractivity contribution in [3.63, 3.8) is 0 Å². The van der Waals surface area contributed by atoms with Crippen molar-refractivity contribution in [2.75, 3.05) is 11.1 Å². The lowest BCUT2D eigenvalue weighted by Gasteiger charge is -2.15. The largest absolute Gasteiger partial charge is 0.398 e. The summed E-state index contributed by atoms with van der Waals surface area (Å²) in [6.07, 6.45) is 0.985. The summed E-state index contributed by atoms with van der Waals surface area (Å²) >= 11 is 1.83. The number of benzene rings is 1. The van der Waals surface area contributed by atoms with Gasteiger partial charge < -0.3 is 11.1 Å². The maximum Gasteiger partial charge on any atom is 0.101 e. The molecule has 19 heavy (non-hydrogen) atoms. The molecule has 0 spiro atoms. The molecule has 0 aliphatic rings. The fourth-order valence-corrected chi connectivity index (χ4v) is 3.01. The van der Waals surface area contributed by atoms with Gasteiger partial charge in [0, 0.05) is 27.9 Å². The molecule has 1 aromatic heterocycles. The van der Waals surface area contributed by atoms with Crippen LogP contribution in [0.25, 0.3) is 0 Å². The van der Waals surface area contributed by atoms with Crippen LogP contribution in [0, 0.1) is 18.3 Å². The van der Waals surface area contributed by atoms with Gasteiger partial charge in [0.1, 0.15) is 6.07 Å². The van der Waals surface area contributed by atoms with Crippen molar-refractivity contribution in [1.82, 2.24) is 0 Å². The fourth-order valence-electron chi connectivity index (χ4n) is 1.99. The molecule has 1 aromatic carbocycles. The molecular formula is C15H17N3S. The average Bonchev–Trinajstić information content (AvgIpc) is 2.74. The first-order chi connectivity index (χ1) is 9.08. The van der Waals surface area contributed by atoms with Crippen LogP contribution in [0.4, 0.5) is 11.4 Å². The van der Waals surface area contributed by atoms with Crippen LogP contribution in [-0.2, 0) is 6.42 Å². The van der Waals surface area contributed by atoms with E-state index in [0.717, 1.165) is 12.1 Å². The molecule has 0 radical (unpaired) electrons. The Morgan fingerprint density at radius 1 is 1.37 bits per heavy atom. The zero-order valence-electron chi connectivity index (χ0n) is 11.1. The second kappa shape index (κ2) is 5.77. The van der Waals surface area contributed by atoms with Crippen molar-refractivity contribution >= 4 is 22.7 Å². The highest BCUT2D eigenvalue weighted by Gasteiger charge is 2.06. The SMILES string of the molecule is Cc1ccc(CC(C)Nc2ccc(C#N)c(N)c2)s1. The molecule has 0 fully saturated rings. The van der Waals surface area contributed by atoms with Gasteiger partial charge in [-0.3, -0.25) is 0 Å². The van der Waals surface area contributed by atoms with Gasteiger partial charge >= 0.3 is 0 Å². The van der Waals surface area contributed by atoms with E-state index in [2.05, 4.69) is 37.4 Å². The number of nitrogens with two attached hydrogens (primary N) is 1. The number of nitrogens with zero attached hydrogens (tertiary/aromatic N) is 1. The maximum absolute atomic E-state index is 8.84. The van der Waals surface area contributed by atoms with E-state index in [0.29, 0.717) is 17.3 Å². The third-order valence-electron chi connectivity index (χ3n) is 2.89. The molecule has 4 heteroatoms. The number of nitriles is 1. The Labute approximate surface area is 117 Å². The van der Waals surface area contributed by atoms with E-state index in [1.54, 1.807) is 6.07 Å². The Kier molecular flexibility index (Phi) is 4.08. The number of hydrogen-bond donors (Lipinski definition) is 2. The first-order valence-corrected chi connectivity index (χ1v) is 7.01. The van der Waals surface area contributed by atoms with Crippen LogP contribution in [0.5, 0.6) is 0 Å². The van der Waals surface area contributed by atoms with Gasteiger partial charge in [0.15, 0.2) is 0 Å². The van der Waals surface area contributed by atoms with Crippen molar-refractivity contribution in [2.24, 2.45) is 0 Å². The van der Waals surface area contributed by atoms with Crippen molar-refractivity contribution < 1.29 is 0 Å². The Hall–Kier alpha value is -1.99. The molecular weight excluding hydrogens is 254 g/mol. The van der Waals surface area contributed by atoms with E-state index in [1.165, 1.54) is 9.75 Å². The summed E-state index contributed by atoms with van der Waals surface area (Å²) in [7, 11) is 0. The van der Waals surface area contributed by atoms with Crippen LogP contribution in [0.3, 0.4) is 0 Å². The molecule has 0 bridgehead atoms. The van der Waals surface area contributed by atoms with Gasteiger partial charge in [-0.05, 0) is 44.2 Å². The van der Waals surface area contributed by atoms with Gasteiger partial charge in [-0.15, -0.1) is 11.3 Å². The second-order valence-electron chi connectivity index (χ2n) is 4.68. The summed E-state index contributed by atoms with van der Waals surface area (Å²) in [4.78, 5) is 2.71. The van der Waals surface area contributed by atoms with E-state index in [4.69, 9.17) is 11.0 Å². The van der Waals surface area contributed by atoms with Gasteiger partial charge in [0.25, 0.3) is 0 Å². The van der Waals surface area contributed by atoms with Crippen LogP contribution < -0.4 is 11.1 Å². The fraction of sp³-hybridized carbons (Fsp3) is 0.267. The molecule has 2 aromatic rings. The minimum atomic E-state index is 0.324. The minimum Gasteiger partial charge on any atom is -0.398 e. The number of thiophene rings is 1. The van der Waals surface area contributed by atoms with Crippen LogP contribution >= 0.6 is 11.3 Å². The van der Waals surface area contributed by atoms with Gasteiger partial charge in [0.2, 0.25) is 0 Å². The van der Waals surface area contributed by atoms with Crippen molar-refractivity contribution in [3.05, 3.63) is 45.6 Å². The smallest absolute Gasteiger partial charge is 0.101 e. The number of aryl methyl sites for hydroxylation is 1. The van der Waals surface area contributed by atoms with Crippen molar-refractivity contribution in [3.8, 4) is 6.07 Å². The van der Waals surface area contributed by atoms with E-state index >= 15 is 0 Å². The Morgan fingerprint density at radius 3 is 2.74 bits per heavy atom. The molecule has 3 N–H and O–H groups in total. The highest BCUT2D eigenvalue weighted by molar-refractivity contribution is 7.11. The molecule has 0 aliphatic heterocycles. The average molecular weight is 271 g/mol. The lowest BCUT2D eigenvalue weighted by atomic mass is 10.1. The van der Waals surface area contributed by atoms with Crippen LogP contribution in [-0.4, -0.2) is 6.04 Å². The van der Waals surface area contributed by atoms with Crippen LogP contribution in [0.15, 0.2) is 30.3 Å². The quantitative estimate of drug-likeness (QED) is 0.836. The molecule has 0 aliphatic carbocycles. The number of anilines is 2. The van der Waals surface area contributed by atoms with Crippen LogP contribution in [0.1, 0.15) is 22.2 Å². The molecule has 98 valence electrons. The zero-order valence-corrected chi connectivity index (χ0v) is 11.9. The zero-order chi connectivity index (χ0) is 13.8. The van der Waals surface area contributed by atoms with Crippen LogP contribution in [0.2, 0.25) is 0 Å². The van der Waals surface area contributed by atoms with Gasteiger partial charge in [0.05, 0.1) is 11.3 Å². The number of rotatable bonds is 4. The van der Waals surface area contributed by atoms with E-state index in [9.17, 15) is 0 Å². The first-order valence-electron chi connectivity index (χ1n) is 6.20. The summed E-state index contributed by atoms with van der Waals surface area (Å²) in [5.41, 5.74) is 7.80. The third kappa shape index (κ3) is 3.49. The number of nitrogen functional groups attached to an aromatic ring is 1. The number of nitrogens with one attached hydrogen (secondary N) is 1. The molecule has 2 rings (SSSR count). The highest BCUT2D eigenvalue weighted by atomic mass is 32.1. The Balaban J connectivity index is 2.01. The van der Waals surface area contributed by atoms with E-state index < -0.39 is 0 Å². The van der Waals surface area contributed by atoms with Gasteiger partial charge in [-0.2, -0.15) is 5.26 Å². The summed E-state index contributed by atoms with van der Waals surface area (Å²) < 4.78 is 0. The number of hydrogen-bond acceptors (Lipinski definition) is 4. The minimum absolute atomic E-state index is 0.324. The standard InChI is InChI=1S/C15H17N3S/c1-10(7-14-6-3-11(2)19-14)18-13-5-4-12(9-16)15(17)8-13/h3-6,8,10,18H,7,17H2,1-2H3. The monoisotopic (exact) mass is 271 g/mol. The highest BCUT2D eigenvalue weighted by Crippen LogP contribution is 2.21. The predicted molar refractivity (Wildman–Crippen MR) is 81.4 cm³/mol. The maximum atomic E-state index is 8.84. The molecule has 3 nitrogen and oxygen atoms in total.